The van der Waals surface area contributed by atoms with Crippen LogP contribution in [0.5, 0.6) is 0 Å². The molecule has 5 heteroatoms. The maximum absolute atomic E-state index is 11.7. The summed E-state index contributed by atoms with van der Waals surface area (Å²) in [4.78, 5) is 23.3. The third-order valence-corrected chi connectivity index (χ3v) is 2.96. The molecule has 1 heterocycles. The van der Waals surface area contributed by atoms with Crippen molar-refractivity contribution in [2.45, 2.75) is 46.2 Å². The summed E-state index contributed by atoms with van der Waals surface area (Å²) in [6.07, 6.45) is 3.55. The van der Waals surface area contributed by atoms with E-state index in [1.165, 1.54) is 6.07 Å². The van der Waals surface area contributed by atoms with Gasteiger partial charge >= 0.3 is 0 Å². The van der Waals surface area contributed by atoms with Gasteiger partial charge in [0.15, 0.2) is 0 Å². The molecule has 1 amide bonds. The number of carbonyl (C=O) groups excluding carboxylic acids is 1. The van der Waals surface area contributed by atoms with Crippen molar-refractivity contribution in [2.75, 3.05) is 11.9 Å². The van der Waals surface area contributed by atoms with Gasteiger partial charge in [-0.15, -0.1) is 0 Å². The summed E-state index contributed by atoms with van der Waals surface area (Å²) >= 11 is 0. The fraction of sp³-hybridized carbons (Fsp3) is 0.571. The van der Waals surface area contributed by atoms with Crippen LogP contribution in [0.2, 0.25) is 0 Å². The lowest BCUT2D eigenvalue weighted by Gasteiger charge is -2.12. The van der Waals surface area contributed by atoms with Gasteiger partial charge in [0.2, 0.25) is 5.91 Å². The summed E-state index contributed by atoms with van der Waals surface area (Å²) in [5, 5.41) is 5.91. The molecule has 0 radical (unpaired) electrons. The Morgan fingerprint density at radius 3 is 2.74 bits per heavy atom. The number of aryl methyl sites for hydroxylation is 1. The first kappa shape index (κ1) is 15.4. The number of pyridine rings is 1. The number of carbonyl (C=O) groups is 1. The van der Waals surface area contributed by atoms with E-state index in [9.17, 15) is 9.59 Å². The van der Waals surface area contributed by atoms with Crippen LogP contribution < -0.4 is 16.2 Å². The van der Waals surface area contributed by atoms with Crippen LogP contribution in [0.4, 0.5) is 5.69 Å². The number of hydrogen-bond donors (Lipinski definition) is 2. The van der Waals surface area contributed by atoms with Crippen LogP contribution in [0, 0.1) is 0 Å². The highest BCUT2D eigenvalue weighted by Gasteiger charge is 2.05. The quantitative estimate of drug-likeness (QED) is 0.787. The number of nitrogens with one attached hydrogen (secondary N) is 2. The van der Waals surface area contributed by atoms with Gasteiger partial charge in [0.25, 0.3) is 5.56 Å². The third kappa shape index (κ3) is 5.26. The van der Waals surface area contributed by atoms with Crippen molar-refractivity contribution in [3.8, 4) is 0 Å². The highest BCUT2D eigenvalue weighted by atomic mass is 16.2. The van der Waals surface area contributed by atoms with Crippen molar-refractivity contribution in [1.29, 1.82) is 0 Å². The zero-order valence-electron chi connectivity index (χ0n) is 11.9. The summed E-state index contributed by atoms with van der Waals surface area (Å²) in [7, 11) is 0. The first-order valence-electron chi connectivity index (χ1n) is 6.80. The summed E-state index contributed by atoms with van der Waals surface area (Å²) in [6.45, 7) is 7.05. The van der Waals surface area contributed by atoms with Crippen LogP contribution in [0.1, 0.15) is 33.6 Å². The van der Waals surface area contributed by atoms with E-state index >= 15 is 0 Å². The van der Waals surface area contributed by atoms with Gasteiger partial charge in [-0.1, -0.05) is 13.8 Å². The third-order valence-electron chi connectivity index (χ3n) is 2.96. The zero-order chi connectivity index (χ0) is 14.3. The Balaban J connectivity index is 2.59. The van der Waals surface area contributed by atoms with Crippen molar-refractivity contribution in [2.24, 2.45) is 0 Å². The van der Waals surface area contributed by atoms with Gasteiger partial charge < -0.3 is 15.2 Å². The topological polar surface area (TPSA) is 63.1 Å². The molecule has 106 valence electrons. The van der Waals surface area contributed by atoms with E-state index in [1.54, 1.807) is 16.8 Å². The Bertz CT molecular complexity index is 468. The Labute approximate surface area is 114 Å². The molecule has 19 heavy (non-hydrogen) atoms. The fourth-order valence-electron chi connectivity index (χ4n) is 1.64. The molecule has 1 aromatic heterocycles. The normalized spacial score (nSPS) is 12.2. The molecule has 0 saturated heterocycles. The number of nitrogens with zero attached hydrogens (tertiary/aromatic N) is 1. The molecule has 1 aromatic rings. The lowest BCUT2D eigenvalue weighted by atomic mass is 10.2. The van der Waals surface area contributed by atoms with Crippen LogP contribution >= 0.6 is 0 Å². The summed E-state index contributed by atoms with van der Waals surface area (Å²) in [6, 6.07) is 3.43. The molecule has 0 aliphatic carbocycles. The first-order valence-corrected chi connectivity index (χ1v) is 6.80. The highest BCUT2D eigenvalue weighted by molar-refractivity contribution is 5.92. The molecule has 1 unspecified atom stereocenters. The molecular weight excluding hydrogens is 242 g/mol. The van der Waals surface area contributed by atoms with Crippen molar-refractivity contribution in [1.82, 2.24) is 9.88 Å². The maximum Gasteiger partial charge on any atom is 0.250 e. The second-order valence-electron chi connectivity index (χ2n) is 4.69. The SMILES string of the molecule is CCCn1cc(NC(=O)CNC(C)CC)ccc1=O. The predicted molar refractivity (Wildman–Crippen MR) is 77.4 cm³/mol. The van der Waals surface area contributed by atoms with E-state index in [0.717, 1.165) is 12.8 Å². The van der Waals surface area contributed by atoms with Gasteiger partial charge in [0.05, 0.1) is 12.2 Å². The summed E-state index contributed by atoms with van der Waals surface area (Å²) < 4.78 is 1.61. The maximum atomic E-state index is 11.7. The van der Waals surface area contributed by atoms with Crippen LogP contribution in [-0.2, 0) is 11.3 Å². The van der Waals surface area contributed by atoms with Gasteiger partial charge in [-0.25, -0.2) is 0 Å². The Hall–Kier alpha value is -1.62. The molecular formula is C14H23N3O2. The van der Waals surface area contributed by atoms with E-state index in [2.05, 4.69) is 17.6 Å². The first-order chi connectivity index (χ1) is 9.06. The molecule has 0 aromatic carbocycles. The van der Waals surface area contributed by atoms with Crippen LogP contribution in [-0.4, -0.2) is 23.1 Å². The van der Waals surface area contributed by atoms with Crippen molar-refractivity contribution in [3.05, 3.63) is 28.7 Å². The number of rotatable bonds is 7. The van der Waals surface area contributed by atoms with Crippen LogP contribution in [0.25, 0.3) is 0 Å². The average Bonchev–Trinajstić information content (AvgIpc) is 2.40. The minimum atomic E-state index is -0.0954. The van der Waals surface area contributed by atoms with Gasteiger partial charge in [0.1, 0.15) is 0 Å². The van der Waals surface area contributed by atoms with Crippen LogP contribution in [0.3, 0.4) is 0 Å². The smallest absolute Gasteiger partial charge is 0.250 e. The summed E-state index contributed by atoms with van der Waals surface area (Å²) in [5.74, 6) is -0.0954. The van der Waals surface area contributed by atoms with E-state index in [0.29, 0.717) is 18.3 Å². The monoisotopic (exact) mass is 265 g/mol. The van der Waals surface area contributed by atoms with Crippen LogP contribution in [0.15, 0.2) is 23.1 Å². The molecule has 1 rings (SSSR count). The highest BCUT2D eigenvalue weighted by Crippen LogP contribution is 2.03. The van der Waals surface area contributed by atoms with Crippen molar-refractivity contribution < 1.29 is 4.79 Å². The zero-order valence-corrected chi connectivity index (χ0v) is 11.9. The second-order valence-corrected chi connectivity index (χ2v) is 4.69. The Morgan fingerprint density at radius 1 is 1.37 bits per heavy atom. The number of hydrogen-bond acceptors (Lipinski definition) is 3. The van der Waals surface area contributed by atoms with Crippen molar-refractivity contribution in [3.63, 3.8) is 0 Å². The molecule has 1 atom stereocenters. The number of aromatic nitrogens is 1. The molecule has 0 spiro atoms. The largest absolute Gasteiger partial charge is 0.324 e. The van der Waals surface area contributed by atoms with E-state index in [1.807, 2.05) is 13.8 Å². The van der Waals surface area contributed by atoms with Gasteiger partial charge in [-0.05, 0) is 25.8 Å². The Morgan fingerprint density at radius 2 is 2.11 bits per heavy atom. The molecule has 0 aliphatic rings. The molecule has 0 bridgehead atoms. The predicted octanol–water partition coefficient (Wildman–Crippen LogP) is 1.58. The molecule has 2 N–H and O–H groups in total. The van der Waals surface area contributed by atoms with Gasteiger partial charge in [-0.2, -0.15) is 0 Å². The average molecular weight is 265 g/mol. The summed E-state index contributed by atoms with van der Waals surface area (Å²) in [5.41, 5.74) is 0.613. The molecule has 0 saturated carbocycles. The van der Waals surface area contributed by atoms with Crippen molar-refractivity contribution >= 4 is 11.6 Å². The number of anilines is 1. The molecule has 0 aliphatic heterocycles. The lowest BCUT2D eigenvalue weighted by molar-refractivity contribution is -0.115. The minimum absolute atomic E-state index is 0.0439. The Kier molecular flexibility index (Phi) is 6.29. The van der Waals surface area contributed by atoms with Gasteiger partial charge in [0, 0.05) is 24.8 Å². The number of amides is 1. The molecule has 5 nitrogen and oxygen atoms in total. The second kappa shape index (κ2) is 7.74. The fourth-order valence-corrected chi connectivity index (χ4v) is 1.64. The van der Waals surface area contributed by atoms with Gasteiger partial charge in [-0.3, -0.25) is 9.59 Å². The van der Waals surface area contributed by atoms with E-state index in [-0.39, 0.29) is 18.0 Å². The standard InChI is InChI=1S/C14H23N3O2/c1-4-8-17-10-12(6-7-14(17)19)16-13(18)9-15-11(3)5-2/h6-7,10-11,15H,4-5,8-9H2,1-3H3,(H,16,18). The minimum Gasteiger partial charge on any atom is -0.324 e. The lowest BCUT2D eigenvalue weighted by Crippen LogP contribution is -2.34. The van der Waals surface area contributed by atoms with E-state index < -0.39 is 0 Å². The molecule has 0 fully saturated rings. The van der Waals surface area contributed by atoms with E-state index in [4.69, 9.17) is 0 Å².